The Kier molecular flexibility index (Phi) is 4.18. The van der Waals surface area contributed by atoms with Crippen molar-refractivity contribution in [2.45, 2.75) is 0 Å². The Morgan fingerprint density at radius 1 is 1.10 bits per heavy atom. The average molecular weight is 312 g/mol. The number of amides is 1. The maximum absolute atomic E-state index is 13.5. The summed E-state index contributed by atoms with van der Waals surface area (Å²) in [6.45, 7) is 0. The summed E-state index contributed by atoms with van der Waals surface area (Å²) in [6, 6.07) is 6.86. The minimum atomic E-state index is -1.31. The van der Waals surface area contributed by atoms with Crippen molar-refractivity contribution < 1.29 is 23.5 Å². The van der Waals surface area contributed by atoms with Gasteiger partial charge in [-0.3, -0.25) is 4.79 Å². The monoisotopic (exact) mass is 311 g/mol. The number of hydrogen-bond donors (Lipinski definition) is 2. The lowest BCUT2D eigenvalue weighted by Gasteiger charge is -2.09. The predicted octanol–water partition coefficient (Wildman–Crippen LogP) is 3.57. The zero-order chi connectivity index (χ0) is 15.6. The molecule has 0 aromatic heterocycles. The molecule has 0 aliphatic rings. The number of hydrogen-bond acceptors (Lipinski definition) is 2. The Bertz CT molecular complexity index is 734. The van der Waals surface area contributed by atoms with Crippen molar-refractivity contribution in [3.63, 3.8) is 0 Å². The van der Waals surface area contributed by atoms with Crippen LogP contribution in [0.1, 0.15) is 20.7 Å². The zero-order valence-corrected chi connectivity index (χ0v) is 11.1. The van der Waals surface area contributed by atoms with E-state index in [1.165, 1.54) is 24.3 Å². The summed E-state index contributed by atoms with van der Waals surface area (Å²) >= 11 is 5.73. The molecular weight excluding hydrogens is 304 g/mol. The Hall–Kier alpha value is -2.47. The van der Waals surface area contributed by atoms with E-state index in [-0.39, 0.29) is 16.3 Å². The number of carboxylic acids is 1. The number of nitrogens with one attached hydrogen (secondary N) is 1. The molecule has 0 bridgehead atoms. The number of benzene rings is 2. The first-order valence-corrected chi connectivity index (χ1v) is 6.06. The largest absolute Gasteiger partial charge is 0.478 e. The quantitative estimate of drug-likeness (QED) is 0.910. The van der Waals surface area contributed by atoms with Crippen molar-refractivity contribution in [1.82, 2.24) is 0 Å². The van der Waals surface area contributed by atoms with Crippen LogP contribution in [0.15, 0.2) is 36.4 Å². The van der Waals surface area contributed by atoms with Gasteiger partial charge in [0.25, 0.3) is 5.91 Å². The molecule has 0 spiro atoms. The standard InChI is InChI=1S/C14H8ClF2NO3/c15-7-4-5-8(14(20)21)11(6-7)18-13(19)9-2-1-3-10(16)12(9)17/h1-6H,(H,18,19)(H,20,21). The number of carbonyl (C=O) groups excluding carboxylic acids is 1. The SMILES string of the molecule is O=C(O)c1ccc(Cl)cc1NC(=O)c1cccc(F)c1F. The van der Waals surface area contributed by atoms with Gasteiger partial charge >= 0.3 is 5.97 Å². The first-order valence-electron chi connectivity index (χ1n) is 5.68. The first-order chi connectivity index (χ1) is 9.90. The van der Waals surface area contributed by atoms with Crippen LogP contribution >= 0.6 is 11.6 Å². The van der Waals surface area contributed by atoms with E-state index >= 15 is 0 Å². The molecule has 0 aliphatic carbocycles. The Morgan fingerprint density at radius 2 is 1.81 bits per heavy atom. The van der Waals surface area contributed by atoms with Crippen LogP contribution in [0, 0.1) is 11.6 Å². The number of halogens is 3. The lowest BCUT2D eigenvalue weighted by molar-refractivity contribution is 0.0698. The number of carbonyl (C=O) groups is 2. The number of anilines is 1. The Morgan fingerprint density at radius 3 is 2.48 bits per heavy atom. The molecule has 0 atom stereocenters. The van der Waals surface area contributed by atoms with Crippen molar-refractivity contribution in [2.75, 3.05) is 5.32 Å². The predicted molar refractivity (Wildman–Crippen MR) is 72.7 cm³/mol. The van der Waals surface area contributed by atoms with E-state index in [9.17, 15) is 18.4 Å². The second kappa shape index (κ2) is 5.88. The summed E-state index contributed by atoms with van der Waals surface area (Å²) in [7, 11) is 0. The molecule has 2 aromatic rings. The number of carboxylic acid groups (broad SMARTS) is 1. The summed E-state index contributed by atoms with van der Waals surface area (Å²) in [5.41, 5.74) is -0.862. The van der Waals surface area contributed by atoms with Gasteiger partial charge in [-0.05, 0) is 30.3 Å². The summed E-state index contributed by atoms with van der Waals surface area (Å²) in [5, 5.41) is 11.4. The molecular formula is C14H8ClF2NO3. The summed E-state index contributed by atoms with van der Waals surface area (Å²) < 4.78 is 26.6. The van der Waals surface area contributed by atoms with E-state index in [1.807, 2.05) is 0 Å². The maximum atomic E-state index is 13.5. The highest BCUT2D eigenvalue weighted by molar-refractivity contribution is 6.31. The highest BCUT2D eigenvalue weighted by Crippen LogP contribution is 2.22. The Balaban J connectivity index is 2.38. The van der Waals surface area contributed by atoms with Gasteiger partial charge in [-0.25, -0.2) is 13.6 Å². The lowest BCUT2D eigenvalue weighted by Crippen LogP contribution is -2.16. The zero-order valence-electron chi connectivity index (χ0n) is 10.4. The van der Waals surface area contributed by atoms with Crippen LogP contribution in [0.5, 0.6) is 0 Å². The van der Waals surface area contributed by atoms with Crippen molar-refractivity contribution in [2.24, 2.45) is 0 Å². The van der Waals surface area contributed by atoms with E-state index in [0.29, 0.717) is 0 Å². The van der Waals surface area contributed by atoms with E-state index in [1.54, 1.807) is 0 Å². The fraction of sp³-hybridized carbons (Fsp3) is 0. The molecule has 2 rings (SSSR count). The normalized spacial score (nSPS) is 10.2. The summed E-state index contributed by atoms with van der Waals surface area (Å²) in [4.78, 5) is 23.0. The maximum Gasteiger partial charge on any atom is 0.337 e. The van der Waals surface area contributed by atoms with Crippen LogP contribution in [0.3, 0.4) is 0 Å². The molecule has 7 heteroatoms. The van der Waals surface area contributed by atoms with Crippen LogP contribution in [-0.4, -0.2) is 17.0 Å². The van der Waals surface area contributed by atoms with Gasteiger partial charge in [0.05, 0.1) is 16.8 Å². The molecule has 2 aromatic carbocycles. The topological polar surface area (TPSA) is 66.4 Å². The third-order valence-electron chi connectivity index (χ3n) is 2.66. The van der Waals surface area contributed by atoms with E-state index < -0.39 is 29.1 Å². The second-order valence-corrected chi connectivity index (χ2v) is 4.49. The minimum absolute atomic E-state index is 0.108. The molecule has 0 heterocycles. The van der Waals surface area contributed by atoms with Gasteiger partial charge in [0.2, 0.25) is 0 Å². The molecule has 2 N–H and O–H groups in total. The van der Waals surface area contributed by atoms with Crippen molar-refractivity contribution in [3.05, 3.63) is 64.2 Å². The van der Waals surface area contributed by atoms with Crippen LogP contribution in [0.2, 0.25) is 5.02 Å². The summed E-state index contributed by atoms with van der Waals surface area (Å²) in [6.07, 6.45) is 0. The van der Waals surface area contributed by atoms with E-state index in [0.717, 1.165) is 12.1 Å². The van der Waals surface area contributed by atoms with Crippen molar-refractivity contribution >= 4 is 29.2 Å². The smallest absolute Gasteiger partial charge is 0.337 e. The fourth-order valence-corrected chi connectivity index (χ4v) is 1.85. The minimum Gasteiger partial charge on any atom is -0.478 e. The van der Waals surface area contributed by atoms with E-state index in [4.69, 9.17) is 16.7 Å². The lowest BCUT2D eigenvalue weighted by atomic mass is 10.1. The van der Waals surface area contributed by atoms with E-state index in [2.05, 4.69) is 5.32 Å². The first kappa shape index (κ1) is 14.9. The van der Waals surface area contributed by atoms with Gasteiger partial charge < -0.3 is 10.4 Å². The van der Waals surface area contributed by atoms with Crippen LogP contribution < -0.4 is 5.32 Å². The number of rotatable bonds is 3. The molecule has 21 heavy (non-hydrogen) atoms. The van der Waals surface area contributed by atoms with Gasteiger partial charge in [-0.2, -0.15) is 0 Å². The molecule has 1 amide bonds. The third kappa shape index (κ3) is 3.17. The molecule has 0 unspecified atom stereocenters. The third-order valence-corrected chi connectivity index (χ3v) is 2.89. The summed E-state index contributed by atoms with van der Waals surface area (Å²) in [5.74, 6) is -4.75. The highest BCUT2D eigenvalue weighted by Gasteiger charge is 2.18. The van der Waals surface area contributed by atoms with Gasteiger partial charge in [-0.1, -0.05) is 17.7 Å². The molecule has 0 saturated heterocycles. The molecule has 0 saturated carbocycles. The van der Waals surface area contributed by atoms with Gasteiger partial charge in [0.15, 0.2) is 11.6 Å². The molecule has 4 nitrogen and oxygen atoms in total. The van der Waals surface area contributed by atoms with Crippen LogP contribution in [0.4, 0.5) is 14.5 Å². The highest BCUT2D eigenvalue weighted by atomic mass is 35.5. The fourth-order valence-electron chi connectivity index (χ4n) is 1.68. The average Bonchev–Trinajstić information content (AvgIpc) is 2.41. The molecule has 0 aliphatic heterocycles. The number of aromatic carboxylic acids is 1. The van der Waals surface area contributed by atoms with Crippen LogP contribution in [-0.2, 0) is 0 Å². The van der Waals surface area contributed by atoms with Gasteiger partial charge in [0, 0.05) is 5.02 Å². The Labute approximate surface area is 123 Å². The molecule has 0 fully saturated rings. The van der Waals surface area contributed by atoms with Crippen molar-refractivity contribution in [1.29, 1.82) is 0 Å². The van der Waals surface area contributed by atoms with Crippen LogP contribution in [0.25, 0.3) is 0 Å². The molecule has 108 valence electrons. The van der Waals surface area contributed by atoms with Crippen molar-refractivity contribution in [3.8, 4) is 0 Å². The molecule has 0 radical (unpaired) electrons. The van der Waals surface area contributed by atoms with Gasteiger partial charge in [0.1, 0.15) is 0 Å². The second-order valence-electron chi connectivity index (χ2n) is 4.05. The van der Waals surface area contributed by atoms with Gasteiger partial charge in [-0.15, -0.1) is 0 Å².